The van der Waals surface area contributed by atoms with Crippen molar-refractivity contribution in [3.63, 3.8) is 0 Å². The van der Waals surface area contributed by atoms with Crippen LogP contribution in [0.5, 0.6) is 0 Å². The molecule has 1 atom stereocenters. The zero-order chi connectivity index (χ0) is 13.9. The van der Waals surface area contributed by atoms with Crippen molar-refractivity contribution in [2.24, 2.45) is 0 Å². The van der Waals surface area contributed by atoms with E-state index in [1.807, 2.05) is 0 Å². The van der Waals surface area contributed by atoms with Crippen LogP contribution in [-0.2, 0) is 0 Å². The minimum absolute atomic E-state index is 0.247. The maximum Gasteiger partial charge on any atom is 0.389 e. The fourth-order valence-corrected chi connectivity index (χ4v) is 2.86. The Kier molecular flexibility index (Phi) is 5.09. The van der Waals surface area contributed by atoms with Gasteiger partial charge in [0.15, 0.2) is 0 Å². The standard InChI is InChI=1S/C13H24F3N3/c1-11(3-2-4-13(14,15)16)18-5-7-19(8-6-18)12-9-17-10-12/h11-12,17H,2-10H2,1H3. The van der Waals surface area contributed by atoms with Gasteiger partial charge in [-0.3, -0.25) is 9.80 Å². The summed E-state index contributed by atoms with van der Waals surface area (Å²) in [5.74, 6) is 0. The molecule has 0 bridgehead atoms. The van der Waals surface area contributed by atoms with Gasteiger partial charge in [-0.05, 0) is 19.8 Å². The van der Waals surface area contributed by atoms with E-state index in [9.17, 15) is 13.2 Å². The average molecular weight is 279 g/mol. The summed E-state index contributed by atoms with van der Waals surface area (Å²) in [5.41, 5.74) is 0. The lowest BCUT2D eigenvalue weighted by molar-refractivity contribution is -0.136. The van der Waals surface area contributed by atoms with E-state index in [4.69, 9.17) is 0 Å². The van der Waals surface area contributed by atoms with Crippen LogP contribution in [0.1, 0.15) is 26.2 Å². The van der Waals surface area contributed by atoms with E-state index < -0.39 is 12.6 Å². The van der Waals surface area contributed by atoms with E-state index >= 15 is 0 Å². The van der Waals surface area contributed by atoms with E-state index in [1.165, 1.54) is 0 Å². The highest BCUT2D eigenvalue weighted by Crippen LogP contribution is 2.23. The maximum absolute atomic E-state index is 12.1. The summed E-state index contributed by atoms with van der Waals surface area (Å²) in [6, 6.07) is 0.951. The molecule has 3 nitrogen and oxygen atoms in total. The number of hydrogen-bond donors (Lipinski definition) is 1. The van der Waals surface area contributed by atoms with Crippen LogP contribution in [0, 0.1) is 0 Å². The number of hydrogen-bond acceptors (Lipinski definition) is 3. The molecule has 2 aliphatic heterocycles. The molecule has 1 N–H and O–H groups in total. The molecule has 2 aliphatic rings. The van der Waals surface area contributed by atoms with Gasteiger partial charge < -0.3 is 5.32 Å². The van der Waals surface area contributed by atoms with Gasteiger partial charge in [0.05, 0.1) is 0 Å². The first-order chi connectivity index (χ1) is 8.96. The van der Waals surface area contributed by atoms with Gasteiger partial charge in [0.1, 0.15) is 0 Å². The molecule has 2 heterocycles. The summed E-state index contributed by atoms with van der Waals surface area (Å²) in [5, 5.41) is 3.27. The van der Waals surface area contributed by atoms with Gasteiger partial charge in [0.2, 0.25) is 0 Å². The number of alkyl halides is 3. The maximum atomic E-state index is 12.1. The highest BCUT2D eigenvalue weighted by atomic mass is 19.4. The first-order valence-corrected chi connectivity index (χ1v) is 7.21. The summed E-state index contributed by atoms with van der Waals surface area (Å²) >= 11 is 0. The van der Waals surface area contributed by atoms with Crippen LogP contribution >= 0.6 is 0 Å². The summed E-state index contributed by atoms with van der Waals surface area (Å²) in [7, 11) is 0. The van der Waals surface area contributed by atoms with Crippen molar-refractivity contribution >= 4 is 0 Å². The lowest BCUT2D eigenvalue weighted by atomic mass is 10.1. The van der Waals surface area contributed by atoms with Gasteiger partial charge in [0.25, 0.3) is 0 Å². The second kappa shape index (κ2) is 6.41. The number of nitrogens with one attached hydrogen (secondary N) is 1. The normalized spacial score (nSPS) is 25.3. The van der Waals surface area contributed by atoms with Crippen molar-refractivity contribution in [3.05, 3.63) is 0 Å². The van der Waals surface area contributed by atoms with Crippen LogP contribution in [0.3, 0.4) is 0 Å². The largest absolute Gasteiger partial charge is 0.389 e. The molecule has 2 rings (SSSR count). The monoisotopic (exact) mass is 279 g/mol. The van der Waals surface area contributed by atoms with Crippen LogP contribution in [0.25, 0.3) is 0 Å². The molecule has 0 aromatic rings. The smallest absolute Gasteiger partial charge is 0.314 e. The zero-order valence-electron chi connectivity index (χ0n) is 11.5. The molecule has 1 unspecified atom stereocenters. The molecule has 2 fully saturated rings. The number of nitrogens with zero attached hydrogens (tertiary/aromatic N) is 2. The van der Waals surface area contributed by atoms with Crippen molar-refractivity contribution in [2.75, 3.05) is 39.3 Å². The quantitative estimate of drug-likeness (QED) is 0.826. The van der Waals surface area contributed by atoms with Crippen LogP contribution in [0.15, 0.2) is 0 Å². The molecule has 0 amide bonds. The van der Waals surface area contributed by atoms with Gasteiger partial charge in [0, 0.05) is 57.8 Å². The first kappa shape index (κ1) is 15.1. The number of halogens is 3. The Morgan fingerprint density at radius 3 is 2.26 bits per heavy atom. The molecular formula is C13H24F3N3. The van der Waals surface area contributed by atoms with E-state index in [-0.39, 0.29) is 12.5 Å². The average Bonchev–Trinajstić information content (AvgIpc) is 2.25. The van der Waals surface area contributed by atoms with Gasteiger partial charge in [-0.2, -0.15) is 13.2 Å². The first-order valence-electron chi connectivity index (χ1n) is 7.21. The van der Waals surface area contributed by atoms with E-state index in [0.29, 0.717) is 12.5 Å². The fourth-order valence-electron chi connectivity index (χ4n) is 2.86. The van der Waals surface area contributed by atoms with Crippen molar-refractivity contribution in [2.45, 2.75) is 44.4 Å². The third-order valence-electron chi connectivity index (χ3n) is 4.33. The summed E-state index contributed by atoms with van der Waals surface area (Å²) in [6.45, 7) is 8.30. The molecule has 0 aliphatic carbocycles. The molecule has 0 spiro atoms. The molecule has 0 radical (unpaired) electrons. The predicted octanol–water partition coefficient (Wildman–Crippen LogP) is 1.70. The second-order valence-electron chi connectivity index (χ2n) is 5.74. The summed E-state index contributed by atoms with van der Waals surface area (Å²) in [4.78, 5) is 4.83. The van der Waals surface area contributed by atoms with Crippen molar-refractivity contribution < 1.29 is 13.2 Å². The van der Waals surface area contributed by atoms with Crippen molar-refractivity contribution in [1.82, 2.24) is 15.1 Å². The fraction of sp³-hybridized carbons (Fsp3) is 1.00. The Bertz CT molecular complexity index is 271. The van der Waals surface area contributed by atoms with Crippen LogP contribution in [-0.4, -0.2) is 67.3 Å². The molecule has 0 aromatic heterocycles. The Hall–Kier alpha value is -0.330. The Labute approximate surface area is 113 Å². The molecule has 2 saturated heterocycles. The molecule has 0 saturated carbocycles. The van der Waals surface area contributed by atoms with E-state index in [2.05, 4.69) is 22.0 Å². The van der Waals surface area contributed by atoms with Gasteiger partial charge >= 0.3 is 6.18 Å². The van der Waals surface area contributed by atoms with Crippen molar-refractivity contribution in [1.29, 1.82) is 0 Å². The third-order valence-corrected chi connectivity index (χ3v) is 4.33. The molecule has 112 valence electrons. The molecule has 19 heavy (non-hydrogen) atoms. The predicted molar refractivity (Wildman–Crippen MR) is 69.2 cm³/mol. The van der Waals surface area contributed by atoms with Crippen LogP contribution in [0.4, 0.5) is 13.2 Å². The molecular weight excluding hydrogens is 255 g/mol. The van der Waals surface area contributed by atoms with E-state index in [1.54, 1.807) is 0 Å². The Morgan fingerprint density at radius 1 is 1.16 bits per heavy atom. The van der Waals surface area contributed by atoms with Gasteiger partial charge in [-0.15, -0.1) is 0 Å². The van der Waals surface area contributed by atoms with Crippen LogP contribution in [0.2, 0.25) is 0 Å². The van der Waals surface area contributed by atoms with Gasteiger partial charge in [-0.25, -0.2) is 0 Å². The lowest BCUT2D eigenvalue weighted by Gasteiger charge is -2.44. The SMILES string of the molecule is CC(CCCC(F)(F)F)N1CCN(C2CNC2)CC1. The van der Waals surface area contributed by atoms with Crippen LogP contribution < -0.4 is 5.32 Å². The minimum Gasteiger partial charge on any atom is -0.314 e. The zero-order valence-corrected chi connectivity index (χ0v) is 11.5. The second-order valence-corrected chi connectivity index (χ2v) is 5.74. The Morgan fingerprint density at radius 2 is 1.79 bits per heavy atom. The molecule has 0 aromatic carbocycles. The van der Waals surface area contributed by atoms with E-state index in [0.717, 1.165) is 39.3 Å². The lowest BCUT2D eigenvalue weighted by Crippen LogP contribution is -2.62. The van der Waals surface area contributed by atoms with Crippen molar-refractivity contribution in [3.8, 4) is 0 Å². The topological polar surface area (TPSA) is 18.5 Å². The third kappa shape index (κ3) is 4.61. The summed E-state index contributed by atoms with van der Waals surface area (Å²) < 4.78 is 36.3. The molecule has 6 heteroatoms. The highest BCUT2D eigenvalue weighted by molar-refractivity contribution is 4.88. The summed E-state index contributed by atoms with van der Waals surface area (Å²) in [6.07, 6.45) is -3.76. The number of rotatable bonds is 5. The minimum atomic E-state index is -4.00. The van der Waals surface area contributed by atoms with Gasteiger partial charge in [-0.1, -0.05) is 0 Å². The Balaban J connectivity index is 1.63. The number of piperazine rings is 1. The highest BCUT2D eigenvalue weighted by Gasteiger charge is 2.30.